The van der Waals surface area contributed by atoms with E-state index in [1.54, 1.807) is 26.4 Å². The lowest BCUT2D eigenvalue weighted by molar-refractivity contribution is -0.0992. The molecule has 2 bridgehead atoms. The van der Waals surface area contributed by atoms with Gasteiger partial charge in [-0.3, -0.25) is 14.6 Å². The fourth-order valence-corrected chi connectivity index (χ4v) is 12.4. The molecule has 1 aromatic heterocycles. The molecule has 2 aliphatic carbocycles. The van der Waals surface area contributed by atoms with Crippen molar-refractivity contribution < 1.29 is 32.2 Å². The lowest BCUT2D eigenvalue weighted by atomic mass is 9.63. The number of methoxy groups -OCH3 is 3. The van der Waals surface area contributed by atoms with Crippen molar-refractivity contribution in [2.75, 3.05) is 91.9 Å². The molecular formula is C44H64ClN5O7S. The van der Waals surface area contributed by atoms with E-state index in [0.29, 0.717) is 44.3 Å². The van der Waals surface area contributed by atoms with Crippen molar-refractivity contribution in [3.05, 3.63) is 64.3 Å². The average Bonchev–Trinajstić information content (AvgIpc) is 3.32. The van der Waals surface area contributed by atoms with Gasteiger partial charge in [-0.15, -0.1) is 0 Å². The molecule has 1 saturated carbocycles. The van der Waals surface area contributed by atoms with Gasteiger partial charge in [0.25, 0.3) is 5.91 Å². The summed E-state index contributed by atoms with van der Waals surface area (Å²) in [5.74, 6) is 0.563. The minimum absolute atomic E-state index is 0.0389. The van der Waals surface area contributed by atoms with E-state index in [1.165, 1.54) is 11.1 Å². The fraction of sp³-hybridized carbons (Fsp3) is 0.682. The van der Waals surface area contributed by atoms with Gasteiger partial charge in [0.1, 0.15) is 11.3 Å². The standard InChI is InChI=1S/C44H64ClN5O7S/c1-31-9-7-19-44(56-6,28-48-20-22-50(23-21-48)42(2,3)29-55-5)36-13-11-33(36)26-49-27-43(18-8-10-32-25-34(45)12-14-35(32)43)30-57-38-16-15-37(46-40(38)49)41(51)47-58(52,53)39(31)17-24-54-4/h7,12,14-16,19,25,31,33,36,39H,8-11,13,17-18,20-24,26-30H2,1-6H3,(H,47,51)/b19-7+/t31-,33-,36+,39+,43-,44+/m0/s1. The molecule has 6 atom stereocenters. The molecule has 1 aromatic carbocycles. The molecule has 4 heterocycles. The molecule has 1 N–H and O–H groups in total. The van der Waals surface area contributed by atoms with E-state index in [1.807, 2.05) is 20.1 Å². The minimum atomic E-state index is -4.12. The molecule has 1 spiro atoms. The highest BCUT2D eigenvalue weighted by Crippen LogP contribution is 2.49. The molecule has 0 radical (unpaired) electrons. The average molecular weight is 843 g/mol. The van der Waals surface area contributed by atoms with Gasteiger partial charge in [-0.1, -0.05) is 36.7 Å². The summed E-state index contributed by atoms with van der Waals surface area (Å²) >= 11 is 6.52. The number of halogens is 1. The van der Waals surface area contributed by atoms with Crippen molar-refractivity contribution in [2.45, 2.75) is 87.5 Å². The highest BCUT2D eigenvalue weighted by atomic mass is 35.5. The molecule has 2 aromatic rings. The number of nitrogens with zero attached hydrogens (tertiary/aromatic N) is 4. The Hall–Kier alpha value is -2.78. The number of carbonyl (C=O) groups is 1. The molecule has 7 rings (SSSR count). The van der Waals surface area contributed by atoms with Gasteiger partial charge in [0.2, 0.25) is 10.0 Å². The van der Waals surface area contributed by atoms with Crippen LogP contribution in [0.2, 0.25) is 5.02 Å². The summed E-state index contributed by atoms with van der Waals surface area (Å²) in [6.45, 7) is 13.5. The lowest BCUT2D eigenvalue weighted by Gasteiger charge is -2.52. The molecule has 320 valence electrons. The first-order valence-corrected chi connectivity index (χ1v) is 23.1. The number of ether oxygens (including phenoxy) is 4. The number of nitrogens with one attached hydrogen (secondary N) is 1. The van der Waals surface area contributed by atoms with Crippen LogP contribution in [0.1, 0.15) is 80.9 Å². The Morgan fingerprint density at radius 2 is 1.86 bits per heavy atom. The van der Waals surface area contributed by atoms with Gasteiger partial charge >= 0.3 is 0 Å². The van der Waals surface area contributed by atoms with Crippen LogP contribution in [-0.2, 0) is 36.1 Å². The molecule has 3 aliphatic heterocycles. The summed E-state index contributed by atoms with van der Waals surface area (Å²) < 4.78 is 54.9. The summed E-state index contributed by atoms with van der Waals surface area (Å²) in [4.78, 5) is 26.2. The lowest BCUT2D eigenvalue weighted by Crippen LogP contribution is -2.61. The number of allylic oxidation sites excluding steroid dienone is 1. The molecule has 2 fully saturated rings. The van der Waals surface area contributed by atoms with Gasteiger partial charge in [0.15, 0.2) is 11.6 Å². The van der Waals surface area contributed by atoms with E-state index in [0.717, 1.165) is 69.9 Å². The van der Waals surface area contributed by atoms with Crippen LogP contribution in [0.3, 0.4) is 0 Å². The van der Waals surface area contributed by atoms with Crippen molar-refractivity contribution in [1.29, 1.82) is 0 Å². The van der Waals surface area contributed by atoms with E-state index in [9.17, 15) is 13.2 Å². The van der Waals surface area contributed by atoms with Crippen LogP contribution in [0.4, 0.5) is 5.82 Å². The van der Waals surface area contributed by atoms with Crippen molar-refractivity contribution in [3.8, 4) is 5.75 Å². The highest BCUT2D eigenvalue weighted by molar-refractivity contribution is 7.90. The number of hydrogen-bond acceptors (Lipinski definition) is 11. The number of benzene rings is 1. The summed E-state index contributed by atoms with van der Waals surface area (Å²) in [5.41, 5.74) is 1.54. The molecule has 14 heteroatoms. The Kier molecular flexibility index (Phi) is 13.2. The SMILES string of the molecule is COCC[C@@H]1[C@@H](C)C/C=C/[C@](CN2CCN(C(C)(C)COC)CC2)(OC)[C@@H]2CC[C@H]2CN2C[C@@]3(CCCc4cc(Cl)ccc43)COc3ccc(nc32)C(=O)NS1(=O)=O. The van der Waals surface area contributed by atoms with Crippen LogP contribution in [0, 0.1) is 17.8 Å². The number of rotatable bonds is 9. The van der Waals surface area contributed by atoms with Gasteiger partial charge in [0, 0.05) is 89.7 Å². The number of amides is 1. The maximum Gasteiger partial charge on any atom is 0.283 e. The largest absolute Gasteiger partial charge is 0.489 e. The second-order valence-corrected chi connectivity index (χ2v) is 20.5. The third-order valence-corrected chi connectivity index (χ3v) is 16.2. The van der Waals surface area contributed by atoms with Gasteiger partial charge in [-0.2, -0.15) is 0 Å². The smallest absolute Gasteiger partial charge is 0.283 e. The quantitative estimate of drug-likeness (QED) is 0.312. The Bertz CT molecular complexity index is 1920. The number of sulfonamides is 1. The highest BCUT2D eigenvalue weighted by Gasteiger charge is 2.50. The number of aromatic nitrogens is 1. The van der Waals surface area contributed by atoms with E-state index in [-0.39, 0.29) is 47.4 Å². The van der Waals surface area contributed by atoms with Crippen molar-refractivity contribution >= 4 is 33.3 Å². The minimum Gasteiger partial charge on any atom is -0.489 e. The molecule has 1 saturated heterocycles. The molecule has 1 amide bonds. The van der Waals surface area contributed by atoms with Crippen LogP contribution in [0.5, 0.6) is 5.75 Å². The molecule has 0 unspecified atom stereocenters. The van der Waals surface area contributed by atoms with Gasteiger partial charge in [0.05, 0.1) is 18.5 Å². The predicted molar refractivity (Wildman–Crippen MR) is 228 cm³/mol. The van der Waals surface area contributed by atoms with Crippen molar-refractivity contribution in [1.82, 2.24) is 19.5 Å². The van der Waals surface area contributed by atoms with Crippen molar-refractivity contribution in [2.24, 2.45) is 17.8 Å². The zero-order valence-corrected chi connectivity index (χ0v) is 36.9. The van der Waals surface area contributed by atoms with Crippen LogP contribution < -0.4 is 14.4 Å². The normalized spacial score (nSPS) is 31.3. The van der Waals surface area contributed by atoms with Gasteiger partial charge in [-0.25, -0.2) is 18.1 Å². The zero-order chi connectivity index (χ0) is 41.3. The summed E-state index contributed by atoms with van der Waals surface area (Å²) in [6.07, 6.45) is 10.0. The van der Waals surface area contributed by atoms with Crippen LogP contribution >= 0.6 is 11.6 Å². The first-order valence-electron chi connectivity index (χ1n) is 21.1. The third kappa shape index (κ3) is 8.83. The zero-order valence-electron chi connectivity index (χ0n) is 35.3. The summed E-state index contributed by atoms with van der Waals surface area (Å²) in [6, 6.07) is 9.58. The molecular weight excluding hydrogens is 778 g/mol. The van der Waals surface area contributed by atoms with Crippen LogP contribution in [0.25, 0.3) is 0 Å². The van der Waals surface area contributed by atoms with E-state index in [2.05, 4.69) is 57.6 Å². The van der Waals surface area contributed by atoms with E-state index >= 15 is 0 Å². The third-order valence-electron chi connectivity index (χ3n) is 14.0. The van der Waals surface area contributed by atoms with E-state index in [4.69, 9.17) is 35.5 Å². The van der Waals surface area contributed by atoms with Gasteiger partial charge in [-0.05, 0) is 112 Å². The van der Waals surface area contributed by atoms with Crippen LogP contribution in [-0.4, -0.2) is 132 Å². The van der Waals surface area contributed by atoms with Gasteiger partial charge < -0.3 is 23.8 Å². The Balaban J connectivity index is 1.28. The summed E-state index contributed by atoms with van der Waals surface area (Å²) in [5, 5.41) is -0.141. The number of aryl methyl sites for hydroxylation is 1. The molecule has 5 aliphatic rings. The topological polar surface area (TPSA) is 123 Å². The Labute approximate surface area is 351 Å². The fourth-order valence-electron chi connectivity index (χ4n) is 10.6. The number of anilines is 1. The Morgan fingerprint density at radius 1 is 1.07 bits per heavy atom. The van der Waals surface area contributed by atoms with E-state index < -0.39 is 26.8 Å². The maximum absolute atomic E-state index is 14.1. The Morgan fingerprint density at radius 3 is 2.57 bits per heavy atom. The number of pyridine rings is 1. The first-order chi connectivity index (χ1) is 27.7. The molecule has 12 nitrogen and oxygen atoms in total. The summed E-state index contributed by atoms with van der Waals surface area (Å²) in [7, 11) is 1.04. The van der Waals surface area contributed by atoms with Crippen molar-refractivity contribution in [3.63, 3.8) is 0 Å². The number of carbonyl (C=O) groups excluding carboxylic acids is 1. The first kappa shape index (κ1) is 43.3. The number of piperazine rings is 1. The molecule has 58 heavy (non-hydrogen) atoms. The second-order valence-electron chi connectivity index (χ2n) is 18.1. The predicted octanol–water partition coefficient (Wildman–Crippen LogP) is 5.72. The van der Waals surface area contributed by atoms with Crippen LogP contribution in [0.15, 0.2) is 42.5 Å². The number of fused-ring (bicyclic) bond motifs is 4. The number of hydrogen-bond donors (Lipinski definition) is 1. The monoisotopic (exact) mass is 841 g/mol. The maximum atomic E-state index is 14.1. The second kappa shape index (κ2) is 17.7.